The molecule has 0 aliphatic carbocycles. The van der Waals surface area contributed by atoms with Crippen molar-refractivity contribution in [3.63, 3.8) is 0 Å². The van der Waals surface area contributed by atoms with Crippen LogP contribution in [0.4, 0.5) is 10.5 Å². The Bertz CT molecular complexity index is 419. The van der Waals surface area contributed by atoms with Crippen LogP contribution in [0.1, 0.15) is 16.1 Å². The zero-order valence-corrected chi connectivity index (χ0v) is 10.3. The zero-order valence-electron chi connectivity index (χ0n) is 9.51. The summed E-state index contributed by atoms with van der Waals surface area (Å²) >= 11 is 1.43. The molecule has 1 atom stereocenters. The van der Waals surface area contributed by atoms with Crippen molar-refractivity contribution in [3.05, 3.63) is 16.3 Å². The van der Waals surface area contributed by atoms with Crippen LogP contribution in [-0.4, -0.2) is 38.6 Å². The fourth-order valence-corrected chi connectivity index (χ4v) is 2.63. The van der Waals surface area contributed by atoms with Crippen molar-refractivity contribution < 1.29 is 14.3 Å². The second-order valence-corrected chi connectivity index (χ2v) is 4.84. The van der Waals surface area contributed by atoms with Gasteiger partial charge in [0, 0.05) is 24.2 Å². The van der Waals surface area contributed by atoms with Gasteiger partial charge in [-0.05, 0) is 12.5 Å². The number of methoxy groups -OCH3 is 1. The number of carbonyl (C=O) groups excluding carboxylic acids is 2. The highest BCUT2D eigenvalue weighted by molar-refractivity contribution is 7.12. The van der Waals surface area contributed by atoms with Crippen LogP contribution in [0, 0.1) is 0 Å². The highest BCUT2D eigenvalue weighted by Gasteiger charge is 2.24. The number of alkyl carbamates (subject to hydrolysis) is 1. The molecule has 1 aromatic rings. The number of hydrogen-bond acceptors (Lipinski definition) is 5. The normalized spacial score (nSPS) is 19.1. The first-order valence-corrected chi connectivity index (χ1v) is 6.24. The molecule has 1 aromatic heterocycles. The van der Waals surface area contributed by atoms with Crippen LogP contribution in [0.15, 0.2) is 11.4 Å². The molecule has 1 unspecified atom stereocenters. The van der Waals surface area contributed by atoms with Crippen molar-refractivity contribution in [2.24, 2.45) is 0 Å². The van der Waals surface area contributed by atoms with Gasteiger partial charge in [-0.2, -0.15) is 0 Å². The van der Waals surface area contributed by atoms with Gasteiger partial charge in [-0.25, -0.2) is 4.79 Å². The Labute approximate surface area is 103 Å². The molecule has 1 aliphatic heterocycles. The molecule has 1 fully saturated rings. The van der Waals surface area contributed by atoms with Crippen LogP contribution >= 0.6 is 11.3 Å². The van der Waals surface area contributed by atoms with Crippen molar-refractivity contribution in [2.45, 2.75) is 12.5 Å². The van der Waals surface area contributed by atoms with E-state index in [4.69, 9.17) is 0 Å². The van der Waals surface area contributed by atoms with E-state index in [2.05, 4.69) is 15.0 Å². The van der Waals surface area contributed by atoms with Crippen molar-refractivity contribution in [3.8, 4) is 0 Å². The first-order chi connectivity index (χ1) is 8.22. The van der Waals surface area contributed by atoms with E-state index in [0.717, 1.165) is 36.4 Å². The van der Waals surface area contributed by atoms with E-state index in [1.165, 1.54) is 18.4 Å². The third kappa shape index (κ3) is 2.76. The van der Waals surface area contributed by atoms with Crippen LogP contribution in [-0.2, 0) is 4.74 Å². The standard InChI is InChI=1S/C11H14N2O3S/c1-16-11(15)12-8-2-3-13(5-8)9-4-10(6-14)17-7-9/h4,6-8H,2-3,5H2,1H3,(H,12,15). The summed E-state index contributed by atoms with van der Waals surface area (Å²) in [7, 11) is 1.36. The monoisotopic (exact) mass is 254 g/mol. The van der Waals surface area contributed by atoms with Crippen molar-refractivity contribution in [1.29, 1.82) is 0 Å². The predicted octanol–water partition coefficient (Wildman–Crippen LogP) is 1.50. The minimum atomic E-state index is -0.393. The molecule has 0 bridgehead atoms. The molecule has 0 saturated carbocycles. The second kappa shape index (κ2) is 5.18. The van der Waals surface area contributed by atoms with E-state index in [9.17, 15) is 9.59 Å². The van der Waals surface area contributed by atoms with Crippen LogP contribution in [0.5, 0.6) is 0 Å². The molecular formula is C11H14N2O3S. The van der Waals surface area contributed by atoms with Gasteiger partial charge >= 0.3 is 6.09 Å². The third-order valence-corrected chi connectivity index (χ3v) is 3.63. The van der Waals surface area contributed by atoms with Crippen LogP contribution in [0.3, 0.4) is 0 Å². The van der Waals surface area contributed by atoms with Gasteiger partial charge in [0.15, 0.2) is 6.29 Å². The second-order valence-electron chi connectivity index (χ2n) is 3.89. The Balaban J connectivity index is 1.93. The summed E-state index contributed by atoms with van der Waals surface area (Å²) in [6.07, 6.45) is 1.35. The smallest absolute Gasteiger partial charge is 0.407 e. The molecule has 0 spiro atoms. The average molecular weight is 254 g/mol. The van der Waals surface area contributed by atoms with Gasteiger partial charge in [0.1, 0.15) is 0 Å². The SMILES string of the molecule is COC(=O)NC1CCN(c2csc(C=O)c2)C1. The molecule has 92 valence electrons. The molecule has 1 aliphatic rings. The molecule has 2 rings (SSSR count). The van der Waals surface area contributed by atoms with Gasteiger partial charge in [-0.15, -0.1) is 11.3 Å². The molecule has 0 radical (unpaired) electrons. The largest absolute Gasteiger partial charge is 0.453 e. The van der Waals surface area contributed by atoms with Crippen molar-refractivity contribution in [2.75, 3.05) is 25.1 Å². The lowest BCUT2D eigenvalue weighted by molar-refractivity contribution is 0.112. The van der Waals surface area contributed by atoms with Gasteiger partial charge in [-0.3, -0.25) is 4.79 Å². The van der Waals surface area contributed by atoms with Crippen LogP contribution in [0.25, 0.3) is 0 Å². The van der Waals surface area contributed by atoms with Gasteiger partial charge < -0.3 is 15.0 Å². The Morgan fingerprint density at radius 2 is 2.53 bits per heavy atom. The van der Waals surface area contributed by atoms with E-state index in [-0.39, 0.29) is 6.04 Å². The molecule has 1 saturated heterocycles. The van der Waals surface area contributed by atoms with Gasteiger partial charge in [0.2, 0.25) is 0 Å². The summed E-state index contributed by atoms with van der Waals surface area (Å²) < 4.78 is 4.56. The predicted molar refractivity (Wildman–Crippen MR) is 65.9 cm³/mol. The Hall–Kier alpha value is -1.56. The van der Waals surface area contributed by atoms with E-state index in [0.29, 0.717) is 0 Å². The summed E-state index contributed by atoms with van der Waals surface area (Å²) in [5.74, 6) is 0. The molecule has 6 heteroatoms. The van der Waals surface area contributed by atoms with Gasteiger partial charge in [0.25, 0.3) is 0 Å². The third-order valence-electron chi connectivity index (χ3n) is 2.78. The fourth-order valence-electron chi connectivity index (χ4n) is 1.91. The first kappa shape index (κ1) is 11.9. The minimum absolute atomic E-state index is 0.113. The highest BCUT2D eigenvalue weighted by Crippen LogP contribution is 2.25. The molecular weight excluding hydrogens is 240 g/mol. The summed E-state index contributed by atoms with van der Waals surface area (Å²) in [4.78, 5) is 24.6. The number of aldehydes is 1. The molecule has 17 heavy (non-hydrogen) atoms. The number of thiophene rings is 1. The molecule has 5 nitrogen and oxygen atoms in total. The van der Waals surface area contributed by atoms with E-state index in [1.54, 1.807) is 0 Å². The minimum Gasteiger partial charge on any atom is -0.453 e. The van der Waals surface area contributed by atoms with Crippen molar-refractivity contribution in [1.82, 2.24) is 5.32 Å². The number of anilines is 1. The van der Waals surface area contributed by atoms with E-state index < -0.39 is 6.09 Å². The lowest BCUT2D eigenvalue weighted by atomic mass is 10.3. The lowest BCUT2D eigenvalue weighted by Crippen LogP contribution is -2.36. The van der Waals surface area contributed by atoms with Gasteiger partial charge in [0.05, 0.1) is 18.0 Å². The average Bonchev–Trinajstić information content (AvgIpc) is 2.96. The maximum absolute atomic E-state index is 11.1. The quantitative estimate of drug-likeness (QED) is 0.830. The Morgan fingerprint density at radius 1 is 1.71 bits per heavy atom. The zero-order chi connectivity index (χ0) is 12.3. The number of hydrogen-bond donors (Lipinski definition) is 1. The molecule has 0 aromatic carbocycles. The molecule has 1 N–H and O–H groups in total. The Morgan fingerprint density at radius 3 is 3.18 bits per heavy atom. The lowest BCUT2D eigenvalue weighted by Gasteiger charge is -2.16. The summed E-state index contributed by atoms with van der Waals surface area (Å²) in [5, 5.41) is 4.74. The summed E-state index contributed by atoms with van der Waals surface area (Å²) in [6.45, 7) is 1.63. The number of nitrogens with zero attached hydrogens (tertiary/aromatic N) is 1. The number of nitrogens with one attached hydrogen (secondary N) is 1. The number of ether oxygens (including phenoxy) is 1. The van der Waals surface area contributed by atoms with Gasteiger partial charge in [-0.1, -0.05) is 0 Å². The molecule has 1 amide bonds. The molecule has 2 heterocycles. The highest BCUT2D eigenvalue weighted by atomic mass is 32.1. The maximum Gasteiger partial charge on any atom is 0.407 e. The van der Waals surface area contributed by atoms with E-state index >= 15 is 0 Å². The number of amides is 1. The van der Waals surface area contributed by atoms with Crippen LogP contribution in [0.2, 0.25) is 0 Å². The Kier molecular flexibility index (Phi) is 3.63. The van der Waals surface area contributed by atoms with Crippen LogP contribution < -0.4 is 10.2 Å². The summed E-state index contributed by atoms with van der Waals surface area (Å²) in [6, 6.07) is 1.99. The summed E-state index contributed by atoms with van der Waals surface area (Å²) in [5.41, 5.74) is 1.05. The number of carbonyl (C=O) groups is 2. The topological polar surface area (TPSA) is 58.6 Å². The van der Waals surface area contributed by atoms with E-state index in [1.807, 2.05) is 11.4 Å². The fraction of sp³-hybridized carbons (Fsp3) is 0.455. The maximum atomic E-state index is 11.1. The van der Waals surface area contributed by atoms with Crippen molar-refractivity contribution >= 4 is 29.4 Å². The first-order valence-electron chi connectivity index (χ1n) is 5.36. The number of rotatable bonds is 3.